The molecule has 0 saturated heterocycles. The van der Waals surface area contributed by atoms with Gasteiger partial charge in [0.1, 0.15) is 0 Å². The average Bonchev–Trinajstić information content (AvgIpc) is 2.05. The summed E-state index contributed by atoms with van der Waals surface area (Å²) < 4.78 is 0. The first-order chi connectivity index (χ1) is 5.86. The van der Waals surface area contributed by atoms with Crippen LogP contribution >= 0.6 is 0 Å². The topological polar surface area (TPSA) is 65.2 Å². The summed E-state index contributed by atoms with van der Waals surface area (Å²) in [5.74, 6) is 0. The van der Waals surface area contributed by atoms with Crippen LogP contribution in [0.3, 0.4) is 0 Å². The van der Waals surface area contributed by atoms with Crippen LogP contribution in [0.2, 0.25) is 0 Å². The van der Waals surface area contributed by atoms with E-state index in [0.717, 1.165) is 49.9 Å². The second-order valence-electron chi connectivity index (χ2n) is 3.04. The number of hydrogen-bond donors (Lipinski definition) is 2. The molecule has 1 saturated carbocycles. The predicted octanol–water partition coefficient (Wildman–Crippen LogP) is 2.00. The van der Waals surface area contributed by atoms with Crippen molar-refractivity contribution in [2.45, 2.75) is 38.5 Å². The van der Waals surface area contributed by atoms with Crippen molar-refractivity contribution in [3.8, 4) is 0 Å². The van der Waals surface area contributed by atoms with Crippen LogP contribution in [0.15, 0.2) is 10.3 Å². The minimum Gasteiger partial charge on any atom is -0.411 e. The molecular formula is C8H14N2O2. The number of rotatable bonds is 0. The first-order valence-corrected chi connectivity index (χ1v) is 4.26. The van der Waals surface area contributed by atoms with Crippen molar-refractivity contribution in [2.24, 2.45) is 10.3 Å². The molecule has 0 atom stereocenters. The Morgan fingerprint density at radius 2 is 1.08 bits per heavy atom. The Morgan fingerprint density at radius 3 is 1.33 bits per heavy atom. The molecule has 0 aliphatic heterocycles. The van der Waals surface area contributed by atoms with E-state index in [0.29, 0.717) is 0 Å². The smallest absolute Gasteiger partial charge is 0.0571 e. The molecule has 0 bridgehead atoms. The van der Waals surface area contributed by atoms with E-state index in [9.17, 15) is 0 Å². The first-order valence-electron chi connectivity index (χ1n) is 4.26. The van der Waals surface area contributed by atoms with Crippen molar-refractivity contribution in [1.29, 1.82) is 0 Å². The second-order valence-corrected chi connectivity index (χ2v) is 3.04. The molecule has 0 spiro atoms. The molecule has 68 valence electrons. The summed E-state index contributed by atoms with van der Waals surface area (Å²) in [5.41, 5.74) is 1.74. The van der Waals surface area contributed by atoms with E-state index in [2.05, 4.69) is 10.3 Å². The Balaban J connectivity index is 2.44. The predicted molar refractivity (Wildman–Crippen MR) is 46.1 cm³/mol. The summed E-state index contributed by atoms with van der Waals surface area (Å²) >= 11 is 0. The lowest BCUT2D eigenvalue weighted by Gasteiger charge is -2.10. The van der Waals surface area contributed by atoms with Gasteiger partial charge < -0.3 is 10.4 Å². The number of nitrogens with zero attached hydrogens (tertiary/aromatic N) is 2. The molecule has 2 N–H and O–H groups in total. The Labute approximate surface area is 71.6 Å². The Morgan fingerprint density at radius 1 is 0.750 bits per heavy atom. The van der Waals surface area contributed by atoms with E-state index in [4.69, 9.17) is 10.4 Å². The van der Waals surface area contributed by atoms with E-state index >= 15 is 0 Å². The standard InChI is InChI=1S/C8H14N2O2/c11-9-7-3-1-4-8(10-12)6-2-5-7/h11-12H,1-6H2. The van der Waals surface area contributed by atoms with Gasteiger partial charge in [0.15, 0.2) is 0 Å². The van der Waals surface area contributed by atoms with Crippen LogP contribution in [0.4, 0.5) is 0 Å². The van der Waals surface area contributed by atoms with Gasteiger partial charge in [0.05, 0.1) is 11.4 Å². The molecule has 1 fully saturated rings. The summed E-state index contributed by atoms with van der Waals surface area (Å²) in [6, 6.07) is 0. The molecule has 0 aromatic carbocycles. The van der Waals surface area contributed by atoms with Gasteiger partial charge in [-0.2, -0.15) is 0 Å². The summed E-state index contributed by atoms with van der Waals surface area (Å²) in [5, 5.41) is 23.5. The summed E-state index contributed by atoms with van der Waals surface area (Å²) in [7, 11) is 0. The molecule has 1 aliphatic carbocycles. The summed E-state index contributed by atoms with van der Waals surface area (Å²) in [4.78, 5) is 0. The molecule has 0 amide bonds. The third kappa shape index (κ3) is 2.53. The van der Waals surface area contributed by atoms with Crippen molar-refractivity contribution in [3.63, 3.8) is 0 Å². The zero-order valence-electron chi connectivity index (χ0n) is 7.03. The highest BCUT2D eigenvalue weighted by Gasteiger charge is 2.09. The van der Waals surface area contributed by atoms with Crippen LogP contribution in [-0.2, 0) is 0 Å². The maximum atomic E-state index is 8.54. The summed E-state index contributed by atoms with van der Waals surface area (Å²) in [6.07, 6.45) is 5.09. The zero-order chi connectivity index (χ0) is 8.81. The van der Waals surface area contributed by atoms with E-state index in [1.54, 1.807) is 0 Å². The van der Waals surface area contributed by atoms with E-state index < -0.39 is 0 Å². The van der Waals surface area contributed by atoms with Gasteiger partial charge >= 0.3 is 0 Å². The van der Waals surface area contributed by atoms with Gasteiger partial charge in [-0.3, -0.25) is 0 Å². The fourth-order valence-corrected chi connectivity index (χ4v) is 1.44. The van der Waals surface area contributed by atoms with Gasteiger partial charge in [0.2, 0.25) is 0 Å². The molecule has 4 nitrogen and oxygen atoms in total. The third-order valence-electron chi connectivity index (χ3n) is 2.14. The fourth-order valence-electron chi connectivity index (χ4n) is 1.44. The summed E-state index contributed by atoms with van der Waals surface area (Å²) in [6.45, 7) is 0. The third-order valence-corrected chi connectivity index (χ3v) is 2.14. The minimum absolute atomic E-state index is 0.815. The molecular weight excluding hydrogens is 156 g/mol. The molecule has 0 unspecified atom stereocenters. The van der Waals surface area contributed by atoms with Gasteiger partial charge in [-0.25, -0.2) is 0 Å². The average molecular weight is 170 g/mol. The molecule has 0 aromatic rings. The number of oxime groups is 2. The maximum Gasteiger partial charge on any atom is 0.0571 e. The largest absolute Gasteiger partial charge is 0.411 e. The Hall–Kier alpha value is -1.06. The van der Waals surface area contributed by atoms with E-state index in [1.165, 1.54) is 0 Å². The van der Waals surface area contributed by atoms with E-state index in [-0.39, 0.29) is 0 Å². The minimum atomic E-state index is 0.815. The molecule has 4 heteroatoms. The van der Waals surface area contributed by atoms with Crippen LogP contribution in [0.25, 0.3) is 0 Å². The van der Waals surface area contributed by atoms with Crippen LogP contribution in [-0.4, -0.2) is 21.8 Å². The van der Waals surface area contributed by atoms with Crippen molar-refractivity contribution >= 4 is 11.4 Å². The fraction of sp³-hybridized carbons (Fsp3) is 0.750. The second kappa shape index (κ2) is 4.74. The lowest BCUT2D eigenvalue weighted by Crippen LogP contribution is -2.08. The van der Waals surface area contributed by atoms with Crippen molar-refractivity contribution in [1.82, 2.24) is 0 Å². The van der Waals surface area contributed by atoms with Gasteiger partial charge in [-0.05, 0) is 38.5 Å². The monoisotopic (exact) mass is 170 g/mol. The first kappa shape index (κ1) is 9.03. The maximum absolute atomic E-state index is 8.54. The molecule has 1 rings (SSSR count). The van der Waals surface area contributed by atoms with Gasteiger partial charge in [-0.15, -0.1) is 0 Å². The molecule has 0 heterocycles. The van der Waals surface area contributed by atoms with Crippen LogP contribution in [0.1, 0.15) is 38.5 Å². The quantitative estimate of drug-likeness (QED) is 0.431. The van der Waals surface area contributed by atoms with Crippen molar-refractivity contribution in [2.75, 3.05) is 0 Å². The van der Waals surface area contributed by atoms with Crippen LogP contribution in [0, 0.1) is 0 Å². The lowest BCUT2D eigenvalue weighted by molar-refractivity contribution is 0.313. The highest BCUT2D eigenvalue weighted by Crippen LogP contribution is 2.13. The van der Waals surface area contributed by atoms with Gasteiger partial charge in [0.25, 0.3) is 0 Å². The highest BCUT2D eigenvalue weighted by atomic mass is 16.4. The molecule has 0 radical (unpaired) electrons. The zero-order valence-corrected chi connectivity index (χ0v) is 7.03. The van der Waals surface area contributed by atoms with Crippen molar-refractivity contribution in [3.05, 3.63) is 0 Å². The Kier molecular flexibility index (Phi) is 3.57. The van der Waals surface area contributed by atoms with E-state index in [1.807, 2.05) is 0 Å². The molecule has 0 aromatic heterocycles. The van der Waals surface area contributed by atoms with Gasteiger partial charge in [0, 0.05) is 0 Å². The van der Waals surface area contributed by atoms with Crippen molar-refractivity contribution < 1.29 is 10.4 Å². The van der Waals surface area contributed by atoms with Gasteiger partial charge in [-0.1, -0.05) is 10.3 Å². The molecule has 1 aliphatic rings. The van der Waals surface area contributed by atoms with Crippen LogP contribution < -0.4 is 0 Å². The number of hydrogen-bond acceptors (Lipinski definition) is 4. The highest BCUT2D eigenvalue weighted by molar-refractivity contribution is 5.88. The lowest BCUT2D eigenvalue weighted by atomic mass is 9.98. The normalized spacial score (nSPS) is 19.7. The van der Waals surface area contributed by atoms with Crippen LogP contribution in [0.5, 0.6) is 0 Å². The molecule has 12 heavy (non-hydrogen) atoms. The Bertz CT molecular complexity index is 165. The SMILES string of the molecule is ON=C1CCCC(=NO)CCC1.